The molecule has 4 aliphatic heterocycles. The molecule has 0 aliphatic carbocycles. The summed E-state index contributed by atoms with van der Waals surface area (Å²) in [6, 6.07) is 3.25. The van der Waals surface area contributed by atoms with Crippen LogP contribution in [-0.4, -0.2) is 107 Å². The molecule has 1 aromatic rings. The number of carbonyl (C=O) groups is 2. The van der Waals surface area contributed by atoms with E-state index in [1.54, 1.807) is 4.90 Å². The quantitative estimate of drug-likeness (QED) is 0.431. The predicted molar refractivity (Wildman–Crippen MR) is 136 cm³/mol. The highest BCUT2D eigenvalue weighted by Gasteiger charge is 2.60. The van der Waals surface area contributed by atoms with Crippen LogP contribution in [0.2, 0.25) is 0 Å². The number of aliphatic carboxylic acids is 1. The lowest BCUT2D eigenvalue weighted by molar-refractivity contribution is -0.308. The third kappa shape index (κ3) is 6.53. The van der Waals surface area contributed by atoms with Crippen molar-refractivity contribution in [3.8, 4) is 0 Å². The maximum absolute atomic E-state index is 13.7. The number of piperidine rings is 1. The molecular formula is C27H31F9N4O4. The van der Waals surface area contributed by atoms with Gasteiger partial charge in [0.1, 0.15) is 0 Å². The zero-order valence-electron chi connectivity index (χ0n) is 23.3. The van der Waals surface area contributed by atoms with Gasteiger partial charge < -0.3 is 19.6 Å². The Morgan fingerprint density at radius 2 is 1.59 bits per heavy atom. The highest BCUT2D eigenvalue weighted by molar-refractivity contribution is 5.69. The number of amides is 1. The first-order valence-corrected chi connectivity index (χ1v) is 14.1. The standard InChI is InChI=1S/C27H31F9N4O4/c28-25(29,30)17-3-2-16(20(10-17)40-14-18-11-19(40)13-38(18)15-21(41)42)12-39-7-1-4-24(39)5-8-37(9-6-24)23(43)44-22(26(31,32)33)27(34,35)36/h2-3,10,18-19,22H,1,4-9,11-15H2,(H,41,42). The molecule has 1 N–H and O–H groups in total. The van der Waals surface area contributed by atoms with E-state index in [4.69, 9.17) is 0 Å². The number of alkyl halides is 9. The van der Waals surface area contributed by atoms with Crippen LogP contribution in [0.15, 0.2) is 18.2 Å². The average molecular weight is 647 g/mol. The van der Waals surface area contributed by atoms with Crippen molar-refractivity contribution in [2.75, 3.05) is 44.2 Å². The third-order valence-electron chi connectivity index (χ3n) is 9.28. The Morgan fingerprint density at radius 1 is 0.932 bits per heavy atom. The lowest BCUT2D eigenvalue weighted by Gasteiger charge is -2.45. The van der Waals surface area contributed by atoms with Gasteiger partial charge in [-0.15, -0.1) is 0 Å². The molecule has 4 heterocycles. The number of carboxylic acid groups (broad SMARTS) is 1. The number of piperazine rings is 1. The van der Waals surface area contributed by atoms with Crippen LogP contribution in [0.1, 0.15) is 43.2 Å². The number of rotatable bonds is 6. The monoisotopic (exact) mass is 646 g/mol. The molecule has 44 heavy (non-hydrogen) atoms. The summed E-state index contributed by atoms with van der Waals surface area (Å²) in [5, 5.41) is 9.18. The minimum Gasteiger partial charge on any atom is -0.480 e. The number of carboxylic acids is 1. The van der Waals surface area contributed by atoms with E-state index in [0.29, 0.717) is 50.1 Å². The number of hydrogen-bond donors (Lipinski definition) is 1. The lowest BCUT2D eigenvalue weighted by Crippen LogP contribution is -2.54. The average Bonchev–Trinajstić information content (AvgIpc) is 3.60. The van der Waals surface area contributed by atoms with Gasteiger partial charge >= 0.3 is 30.6 Å². The van der Waals surface area contributed by atoms with Gasteiger partial charge in [-0.25, -0.2) is 4.79 Å². The molecule has 4 fully saturated rings. The van der Waals surface area contributed by atoms with Gasteiger partial charge in [-0.2, -0.15) is 39.5 Å². The fourth-order valence-corrected chi connectivity index (χ4v) is 7.17. The number of likely N-dealkylation sites (tertiary alicyclic amines) is 3. The molecule has 4 saturated heterocycles. The van der Waals surface area contributed by atoms with Crippen LogP contribution in [0.25, 0.3) is 0 Å². The van der Waals surface area contributed by atoms with Crippen LogP contribution in [-0.2, 0) is 22.3 Å². The summed E-state index contributed by atoms with van der Waals surface area (Å²) in [4.78, 5) is 30.1. The predicted octanol–water partition coefficient (Wildman–Crippen LogP) is 5.11. The summed E-state index contributed by atoms with van der Waals surface area (Å²) in [6.07, 6.45) is -19.8. The lowest BCUT2D eigenvalue weighted by atomic mass is 9.84. The van der Waals surface area contributed by atoms with Gasteiger partial charge in [0, 0.05) is 56.0 Å². The third-order valence-corrected chi connectivity index (χ3v) is 9.28. The van der Waals surface area contributed by atoms with E-state index in [9.17, 15) is 54.2 Å². The van der Waals surface area contributed by atoms with E-state index in [2.05, 4.69) is 9.64 Å². The Morgan fingerprint density at radius 3 is 2.14 bits per heavy atom. The molecular weight excluding hydrogens is 615 g/mol. The molecule has 2 unspecified atom stereocenters. The number of hydrogen-bond acceptors (Lipinski definition) is 6. The van der Waals surface area contributed by atoms with Crippen molar-refractivity contribution in [2.45, 2.75) is 80.9 Å². The van der Waals surface area contributed by atoms with Gasteiger partial charge in [0.15, 0.2) is 0 Å². The molecule has 1 aromatic carbocycles. The normalized spacial score (nSPS) is 24.6. The first-order chi connectivity index (χ1) is 20.4. The molecule has 2 bridgehead atoms. The molecule has 2 atom stereocenters. The van der Waals surface area contributed by atoms with Crippen molar-refractivity contribution >= 4 is 17.7 Å². The van der Waals surface area contributed by atoms with Crippen molar-refractivity contribution in [1.82, 2.24) is 14.7 Å². The minimum absolute atomic E-state index is 0.116. The van der Waals surface area contributed by atoms with E-state index in [1.165, 1.54) is 6.07 Å². The van der Waals surface area contributed by atoms with Crippen LogP contribution in [0, 0.1) is 0 Å². The number of benzene rings is 1. The Bertz CT molecular complexity index is 1230. The molecule has 246 valence electrons. The molecule has 0 aromatic heterocycles. The first-order valence-electron chi connectivity index (χ1n) is 14.1. The fourth-order valence-electron chi connectivity index (χ4n) is 7.17. The van der Waals surface area contributed by atoms with Crippen molar-refractivity contribution in [3.63, 3.8) is 0 Å². The molecule has 8 nitrogen and oxygen atoms in total. The van der Waals surface area contributed by atoms with Gasteiger partial charge in [0.05, 0.1) is 12.1 Å². The van der Waals surface area contributed by atoms with Gasteiger partial charge in [-0.1, -0.05) is 6.07 Å². The molecule has 17 heteroatoms. The topological polar surface area (TPSA) is 76.6 Å². The van der Waals surface area contributed by atoms with Crippen molar-refractivity contribution < 1.29 is 58.9 Å². The molecule has 1 amide bonds. The zero-order valence-corrected chi connectivity index (χ0v) is 23.3. The molecule has 0 saturated carbocycles. The SMILES string of the molecule is O=C(O)CN1CC2CC1CN2c1cc(C(F)(F)F)ccc1CN1CCCC12CCN(C(=O)OC(C(F)(F)F)C(F)(F)F)CC2. The number of nitrogens with zero attached hydrogens (tertiary/aromatic N) is 4. The van der Waals surface area contributed by atoms with Crippen LogP contribution in [0.5, 0.6) is 0 Å². The highest BCUT2D eigenvalue weighted by atomic mass is 19.4. The van der Waals surface area contributed by atoms with Crippen molar-refractivity contribution in [1.29, 1.82) is 0 Å². The number of fused-ring (bicyclic) bond motifs is 2. The fraction of sp³-hybridized carbons (Fsp3) is 0.704. The Hall–Kier alpha value is -2.95. The molecule has 0 radical (unpaired) electrons. The van der Waals surface area contributed by atoms with Crippen LogP contribution >= 0.6 is 0 Å². The Labute approximate surface area is 246 Å². The van der Waals surface area contributed by atoms with E-state index in [0.717, 1.165) is 17.0 Å². The minimum atomic E-state index is -5.82. The second kappa shape index (κ2) is 11.4. The number of carbonyl (C=O) groups excluding carboxylic acids is 1. The summed E-state index contributed by atoms with van der Waals surface area (Å²) >= 11 is 0. The van der Waals surface area contributed by atoms with Crippen molar-refractivity contribution in [3.05, 3.63) is 29.3 Å². The number of ether oxygens (including phenoxy) is 1. The number of halogens is 9. The Balaban J connectivity index is 1.30. The van der Waals surface area contributed by atoms with E-state index >= 15 is 0 Å². The summed E-state index contributed by atoms with van der Waals surface area (Å²) in [6.45, 7) is 1.13. The maximum atomic E-state index is 13.7. The van der Waals surface area contributed by atoms with E-state index in [-0.39, 0.29) is 51.1 Å². The summed E-state index contributed by atoms with van der Waals surface area (Å²) in [7, 11) is 0. The van der Waals surface area contributed by atoms with Gasteiger partial charge in [0.25, 0.3) is 6.10 Å². The highest BCUT2D eigenvalue weighted by Crippen LogP contribution is 2.44. The zero-order chi connectivity index (χ0) is 32.2. The van der Waals surface area contributed by atoms with Crippen LogP contribution < -0.4 is 4.90 Å². The van der Waals surface area contributed by atoms with Gasteiger partial charge in [-0.05, 0) is 56.3 Å². The van der Waals surface area contributed by atoms with Crippen LogP contribution in [0.4, 0.5) is 50.0 Å². The van der Waals surface area contributed by atoms with E-state index < -0.39 is 47.8 Å². The number of anilines is 1. The first kappa shape index (κ1) is 32.4. The summed E-state index contributed by atoms with van der Waals surface area (Å²) < 4.78 is 122. The Kier molecular flexibility index (Phi) is 8.44. The van der Waals surface area contributed by atoms with Gasteiger partial charge in [0.2, 0.25) is 0 Å². The van der Waals surface area contributed by atoms with Crippen molar-refractivity contribution in [2.24, 2.45) is 0 Å². The molecule has 5 rings (SSSR count). The van der Waals surface area contributed by atoms with E-state index in [1.807, 2.05) is 4.90 Å². The second-order valence-electron chi connectivity index (χ2n) is 11.9. The van der Waals surface area contributed by atoms with Gasteiger partial charge in [-0.3, -0.25) is 14.6 Å². The second-order valence-corrected chi connectivity index (χ2v) is 11.9. The smallest absolute Gasteiger partial charge is 0.434 e. The maximum Gasteiger partial charge on any atom is 0.434 e. The summed E-state index contributed by atoms with van der Waals surface area (Å²) in [5.41, 5.74) is -0.347. The largest absolute Gasteiger partial charge is 0.480 e. The molecule has 1 spiro atoms. The van der Waals surface area contributed by atoms with Crippen LogP contribution in [0.3, 0.4) is 0 Å². The molecule has 4 aliphatic rings. The summed E-state index contributed by atoms with van der Waals surface area (Å²) in [5.74, 6) is -0.983.